The van der Waals surface area contributed by atoms with Crippen LogP contribution in [0, 0.1) is 6.92 Å². The molecule has 0 fully saturated rings. The molecule has 18 heavy (non-hydrogen) atoms. The van der Waals surface area contributed by atoms with E-state index >= 15 is 0 Å². The van der Waals surface area contributed by atoms with Crippen LogP contribution in [0.1, 0.15) is 23.6 Å². The molecule has 0 aromatic heterocycles. The van der Waals surface area contributed by atoms with E-state index < -0.39 is 0 Å². The molecule has 2 heteroatoms. The molecule has 2 aromatic carbocycles. The second-order valence-corrected chi connectivity index (χ2v) is 4.84. The first-order chi connectivity index (χ1) is 8.70. The fourth-order valence-electron chi connectivity index (χ4n) is 1.87. The molecular formula is C16H18ClN. The smallest absolute Gasteiger partial charge is 0.0666 e. The quantitative estimate of drug-likeness (QED) is 0.830. The maximum absolute atomic E-state index is 6.24. The van der Waals surface area contributed by atoms with Crippen molar-refractivity contribution in [2.24, 2.45) is 0 Å². The third kappa shape index (κ3) is 3.05. The van der Waals surface area contributed by atoms with E-state index in [0.29, 0.717) is 0 Å². The van der Waals surface area contributed by atoms with Gasteiger partial charge in [0.1, 0.15) is 0 Å². The Kier molecular flexibility index (Phi) is 4.27. The Morgan fingerprint density at radius 3 is 2.33 bits per heavy atom. The summed E-state index contributed by atoms with van der Waals surface area (Å²) >= 11 is 6.24. The number of hydrogen-bond acceptors (Lipinski definition) is 1. The lowest BCUT2D eigenvalue weighted by Gasteiger charge is -2.10. The molecule has 2 rings (SSSR count). The third-order valence-electron chi connectivity index (χ3n) is 3.11. The standard InChI is InChI=1S/C16H18ClN/c1-3-13-7-9-14(10-8-13)11-18-15-6-4-5-12(2)16(15)17/h4-10,18H,3,11H2,1-2H3. The van der Waals surface area contributed by atoms with Crippen molar-refractivity contribution < 1.29 is 0 Å². The molecule has 0 aliphatic rings. The van der Waals surface area contributed by atoms with Gasteiger partial charge in [-0.3, -0.25) is 0 Å². The zero-order valence-corrected chi connectivity index (χ0v) is 11.6. The maximum atomic E-state index is 6.24. The Morgan fingerprint density at radius 2 is 1.67 bits per heavy atom. The first-order valence-electron chi connectivity index (χ1n) is 6.27. The van der Waals surface area contributed by atoms with Crippen molar-refractivity contribution >= 4 is 17.3 Å². The Balaban J connectivity index is 2.04. The highest BCUT2D eigenvalue weighted by Crippen LogP contribution is 2.25. The van der Waals surface area contributed by atoms with E-state index in [2.05, 4.69) is 36.5 Å². The number of rotatable bonds is 4. The van der Waals surface area contributed by atoms with E-state index in [4.69, 9.17) is 11.6 Å². The number of aryl methyl sites for hydroxylation is 2. The maximum Gasteiger partial charge on any atom is 0.0666 e. The second kappa shape index (κ2) is 5.92. The minimum Gasteiger partial charge on any atom is -0.380 e. The lowest BCUT2D eigenvalue weighted by Crippen LogP contribution is -2.00. The predicted molar refractivity (Wildman–Crippen MR) is 79.3 cm³/mol. The molecule has 0 saturated heterocycles. The van der Waals surface area contributed by atoms with Crippen LogP contribution < -0.4 is 5.32 Å². The van der Waals surface area contributed by atoms with Crippen LogP contribution in [0.2, 0.25) is 5.02 Å². The van der Waals surface area contributed by atoms with Crippen molar-refractivity contribution in [3.8, 4) is 0 Å². The zero-order chi connectivity index (χ0) is 13.0. The van der Waals surface area contributed by atoms with Crippen LogP contribution in [0.25, 0.3) is 0 Å². The normalized spacial score (nSPS) is 10.4. The van der Waals surface area contributed by atoms with Gasteiger partial charge in [-0.1, -0.05) is 54.9 Å². The second-order valence-electron chi connectivity index (χ2n) is 4.46. The van der Waals surface area contributed by atoms with Crippen LogP contribution >= 0.6 is 11.6 Å². The number of nitrogens with one attached hydrogen (secondary N) is 1. The molecule has 0 unspecified atom stereocenters. The van der Waals surface area contributed by atoms with Crippen LogP contribution in [0.4, 0.5) is 5.69 Å². The van der Waals surface area contributed by atoms with E-state index in [1.54, 1.807) is 0 Å². The van der Waals surface area contributed by atoms with Crippen LogP contribution in [-0.4, -0.2) is 0 Å². The van der Waals surface area contributed by atoms with Gasteiger partial charge in [0.15, 0.2) is 0 Å². The largest absolute Gasteiger partial charge is 0.380 e. The van der Waals surface area contributed by atoms with Crippen LogP contribution in [0.5, 0.6) is 0 Å². The van der Waals surface area contributed by atoms with Crippen LogP contribution in [0.3, 0.4) is 0 Å². The lowest BCUT2D eigenvalue weighted by atomic mass is 10.1. The number of benzene rings is 2. The Bertz CT molecular complexity index is 517. The molecule has 0 radical (unpaired) electrons. The van der Waals surface area contributed by atoms with Crippen molar-refractivity contribution in [1.82, 2.24) is 0 Å². The summed E-state index contributed by atoms with van der Waals surface area (Å²) in [6, 6.07) is 14.7. The highest BCUT2D eigenvalue weighted by Gasteiger charge is 2.02. The van der Waals surface area contributed by atoms with Gasteiger partial charge in [-0.25, -0.2) is 0 Å². The highest BCUT2D eigenvalue weighted by atomic mass is 35.5. The topological polar surface area (TPSA) is 12.0 Å². The minimum absolute atomic E-state index is 0.799. The van der Waals surface area contributed by atoms with Crippen molar-refractivity contribution in [2.75, 3.05) is 5.32 Å². The van der Waals surface area contributed by atoms with Gasteiger partial charge in [-0.2, -0.15) is 0 Å². The van der Waals surface area contributed by atoms with E-state index in [-0.39, 0.29) is 0 Å². The van der Waals surface area contributed by atoms with E-state index in [9.17, 15) is 0 Å². The van der Waals surface area contributed by atoms with Gasteiger partial charge in [0.05, 0.1) is 10.7 Å². The van der Waals surface area contributed by atoms with Crippen LogP contribution in [-0.2, 0) is 13.0 Å². The molecule has 0 aliphatic carbocycles. The van der Waals surface area contributed by atoms with E-state index in [1.807, 2.05) is 25.1 Å². The number of halogens is 1. The van der Waals surface area contributed by atoms with Crippen molar-refractivity contribution in [2.45, 2.75) is 26.8 Å². The molecule has 1 nitrogen and oxygen atoms in total. The molecule has 0 atom stereocenters. The van der Waals surface area contributed by atoms with Gasteiger partial charge in [-0.05, 0) is 36.1 Å². The molecule has 2 aromatic rings. The summed E-state index contributed by atoms with van der Waals surface area (Å²) in [7, 11) is 0. The lowest BCUT2D eigenvalue weighted by molar-refractivity contribution is 1.10. The summed E-state index contributed by atoms with van der Waals surface area (Å²) in [6.45, 7) is 4.98. The monoisotopic (exact) mass is 259 g/mol. The highest BCUT2D eigenvalue weighted by molar-refractivity contribution is 6.33. The number of hydrogen-bond donors (Lipinski definition) is 1. The fraction of sp³-hybridized carbons (Fsp3) is 0.250. The van der Waals surface area contributed by atoms with Gasteiger partial charge >= 0.3 is 0 Å². The summed E-state index contributed by atoms with van der Waals surface area (Å²) in [5, 5.41) is 4.18. The summed E-state index contributed by atoms with van der Waals surface area (Å²) in [6.07, 6.45) is 1.08. The molecule has 0 saturated carbocycles. The molecular weight excluding hydrogens is 242 g/mol. The predicted octanol–water partition coefficient (Wildman–Crippen LogP) is 4.82. The Labute approximate surface area is 114 Å². The minimum atomic E-state index is 0.799. The van der Waals surface area contributed by atoms with Gasteiger partial charge in [0.2, 0.25) is 0 Å². The summed E-state index contributed by atoms with van der Waals surface area (Å²) in [5.41, 5.74) is 4.73. The molecule has 0 amide bonds. The van der Waals surface area contributed by atoms with Gasteiger partial charge < -0.3 is 5.32 Å². The average molecular weight is 260 g/mol. The van der Waals surface area contributed by atoms with Crippen molar-refractivity contribution in [3.05, 3.63) is 64.2 Å². The molecule has 1 N–H and O–H groups in total. The van der Waals surface area contributed by atoms with E-state index in [1.165, 1.54) is 11.1 Å². The summed E-state index contributed by atoms with van der Waals surface area (Å²) in [5.74, 6) is 0. The number of anilines is 1. The summed E-state index contributed by atoms with van der Waals surface area (Å²) < 4.78 is 0. The summed E-state index contributed by atoms with van der Waals surface area (Å²) in [4.78, 5) is 0. The Morgan fingerprint density at radius 1 is 1.00 bits per heavy atom. The molecule has 94 valence electrons. The first-order valence-corrected chi connectivity index (χ1v) is 6.65. The molecule has 0 heterocycles. The van der Waals surface area contributed by atoms with Crippen LogP contribution in [0.15, 0.2) is 42.5 Å². The third-order valence-corrected chi connectivity index (χ3v) is 3.61. The fourth-order valence-corrected chi connectivity index (χ4v) is 2.07. The van der Waals surface area contributed by atoms with Gasteiger partial charge in [-0.15, -0.1) is 0 Å². The first kappa shape index (κ1) is 13.0. The van der Waals surface area contributed by atoms with Gasteiger partial charge in [0.25, 0.3) is 0 Å². The SMILES string of the molecule is CCc1ccc(CNc2cccc(C)c2Cl)cc1. The molecule has 0 aliphatic heterocycles. The molecule has 0 bridgehead atoms. The molecule has 0 spiro atoms. The Hall–Kier alpha value is -1.47. The average Bonchev–Trinajstić information content (AvgIpc) is 2.41. The van der Waals surface area contributed by atoms with Gasteiger partial charge in [0, 0.05) is 6.54 Å². The zero-order valence-electron chi connectivity index (χ0n) is 10.8. The van der Waals surface area contributed by atoms with E-state index in [0.717, 1.165) is 29.2 Å². The van der Waals surface area contributed by atoms with Crippen molar-refractivity contribution in [3.63, 3.8) is 0 Å². The van der Waals surface area contributed by atoms with Crippen molar-refractivity contribution in [1.29, 1.82) is 0 Å².